The molecule has 0 aliphatic carbocycles. The van der Waals surface area contributed by atoms with Crippen molar-refractivity contribution in [2.45, 2.75) is 18.9 Å². The van der Waals surface area contributed by atoms with Crippen molar-refractivity contribution in [2.24, 2.45) is 10.7 Å². The van der Waals surface area contributed by atoms with E-state index in [1.54, 1.807) is 19.3 Å². The molecule has 1 atom stereocenters. The Balaban J connectivity index is 1.54. The predicted octanol–water partition coefficient (Wildman–Crippen LogP) is 1.93. The van der Waals surface area contributed by atoms with Crippen molar-refractivity contribution < 1.29 is 13.9 Å². The van der Waals surface area contributed by atoms with Gasteiger partial charge in [0.2, 0.25) is 0 Å². The first kappa shape index (κ1) is 20.6. The van der Waals surface area contributed by atoms with Gasteiger partial charge < -0.3 is 20.8 Å². The van der Waals surface area contributed by atoms with Gasteiger partial charge in [0.05, 0.1) is 6.61 Å². The molecule has 160 valence electrons. The molecule has 1 fully saturated rings. The lowest BCUT2D eigenvalue weighted by atomic mass is 10.0. The Labute approximate surface area is 177 Å². The number of aromatic amines is 1. The number of aromatic nitrogens is 4. The Bertz CT molecular complexity index is 1170. The number of ether oxygens (including phenoxy) is 1. The molecule has 4 N–H and O–H groups in total. The van der Waals surface area contributed by atoms with Crippen LogP contribution >= 0.6 is 0 Å². The van der Waals surface area contributed by atoms with Gasteiger partial charge in [-0.2, -0.15) is 0 Å². The molecule has 1 aliphatic heterocycles. The van der Waals surface area contributed by atoms with Gasteiger partial charge in [0.25, 0.3) is 5.91 Å². The molecule has 3 aromatic rings. The molecular weight excluding hydrogens is 401 g/mol. The summed E-state index contributed by atoms with van der Waals surface area (Å²) in [5.74, 6) is 0.0237. The van der Waals surface area contributed by atoms with Gasteiger partial charge in [-0.25, -0.2) is 19.3 Å². The van der Waals surface area contributed by atoms with Crippen LogP contribution in [0.3, 0.4) is 0 Å². The summed E-state index contributed by atoms with van der Waals surface area (Å²) in [4.78, 5) is 32.6. The van der Waals surface area contributed by atoms with Crippen molar-refractivity contribution in [3.8, 4) is 0 Å². The largest absolute Gasteiger partial charge is 0.404 e. The number of allylic oxidation sites excluding steroid dienone is 1. The SMILES string of the molecule is CN=CC(=CN)c1cc(F)cc(CNC(=O)c2ncnc3nc(C4CCOC4)[nH]c23)c1. The van der Waals surface area contributed by atoms with Crippen LogP contribution in [0.25, 0.3) is 16.7 Å². The number of aliphatic imine (C=N–C) groups is 1. The molecule has 2 aromatic heterocycles. The number of amides is 1. The highest BCUT2D eigenvalue weighted by Gasteiger charge is 2.23. The number of rotatable bonds is 6. The van der Waals surface area contributed by atoms with E-state index in [1.807, 2.05) is 0 Å². The van der Waals surface area contributed by atoms with Crippen molar-refractivity contribution in [2.75, 3.05) is 20.3 Å². The van der Waals surface area contributed by atoms with E-state index in [-0.39, 0.29) is 18.2 Å². The highest BCUT2D eigenvalue weighted by atomic mass is 19.1. The lowest BCUT2D eigenvalue weighted by Crippen LogP contribution is -2.24. The van der Waals surface area contributed by atoms with Gasteiger partial charge in [0.15, 0.2) is 11.3 Å². The van der Waals surface area contributed by atoms with Gasteiger partial charge in [-0.1, -0.05) is 0 Å². The number of benzene rings is 1. The predicted molar refractivity (Wildman–Crippen MR) is 114 cm³/mol. The maximum atomic E-state index is 14.1. The second-order valence-electron chi connectivity index (χ2n) is 7.14. The molecule has 1 aromatic carbocycles. The number of imidazole rings is 1. The first-order valence-electron chi connectivity index (χ1n) is 9.79. The zero-order valence-corrected chi connectivity index (χ0v) is 16.9. The summed E-state index contributed by atoms with van der Waals surface area (Å²) >= 11 is 0. The fourth-order valence-electron chi connectivity index (χ4n) is 3.50. The fourth-order valence-corrected chi connectivity index (χ4v) is 3.50. The Hall–Kier alpha value is -3.66. The number of carbonyl (C=O) groups excluding carboxylic acids is 1. The zero-order chi connectivity index (χ0) is 21.8. The number of nitrogens with zero attached hydrogens (tertiary/aromatic N) is 4. The minimum atomic E-state index is -0.438. The molecule has 4 rings (SSSR count). The van der Waals surface area contributed by atoms with E-state index in [4.69, 9.17) is 10.5 Å². The molecule has 31 heavy (non-hydrogen) atoms. The van der Waals surface area contributed by atoms with E-state index < -0.39 is 11.7 Å². The molecule has 0 saturated carbocycles. The van der Waals surface area contributed by atoms with Gasteiger partial charge in [-0.15, -0.1) is 0 Å². The van der Waals surface area contributed by atoms with Crippen molar-refractivity contribution in [3.63, 3.8) is 0 Å². The van der Waals surface area contributed by atoms with Gasteiger partial charge in [-0.3, -0.25) is 9.79 Å². The molecule has 0 radical (unpaired) electrons. The van der Waals surface area contributed by atoms with Crippen LogP contribution in [-0.4, -0.2) is 52.3 Å². The molecular formula is C21H22FN7O2. The molecule has 10 heteroatoms. The monoisotopic (exact) mass is 423 g/mol. The Morgan fingerprint density at radius 3 is 3.03 bits per heavy atom. The Kier molecular flexibility index (Phi) is 5.99. The second-order valence-corrected chi connectivity index (χ2v) is 7.14. The molecule has 3 heterocycles. The van der Waals surface area contributed by atoms with Crippen molar-refractivity contribution >= 4 is 28.9 Å². The highest BCUT2D eigenvalue weighted by molar-refractivity contribution is 6.09. The number of fused-ring (bicyclic) bond motifs is 1. The number of halogens is 1. The number of H-pyrrole nitrogens is 1. The van der Waals surface area contributed by atoms with E-state index in [0.29, 0.717) is 41.1 Å². The average molecular weight is 423 g/mol. The maximum absolute atomic E-state index is 14.1. The standard InChI is InChI=1S/C21H22FN7O2/c1-24-9-15(7-23)14-4-12(5-16(22)6-14)8-25-21(30)18-17-20(27-11-26-18)29-19(28-17)13-2-3-31-10-13/h4-7,9,11,13H,2-3,8,10,23H2,1H3,(H,25,30)(H,26,27,28,29). The second kappa shape index (κ2) is 9.00. The van der Waals surface area contributed by atoms with Crippen molar-refractivity contribution in [1.82, 2.24) is 25.3 Å². The number of hydrogen-bond acceptors (Lipinski definition) is 7. The summed E-state index contributed by atoms with van der Waals surface area (Å²) in [7, 11) is 1.60. The van der Waals surface area contributed by atoms with Crippen LogP contribution in [0.15, 0.2) is 35.7 Å². The third kappa shape index (κ3) is 4.43. The number of hydrogen-bond donors (Lipinski definition) is 3. The summed E-state index contributed by atoms with van der Waals surface area (Å²) in [6.45, 7) is 1.37. The maximum Gasteiger partial charge on any atom is 0.272 e. The zero-order valence-electron chi connectivity index (χ0n) is 16.9. The lowest BCUT2D eigenvalue weighted by molar-refractivity contribution is 0.0947. The summed E-state index contributed by atoms with van der Waals surface area (Å²) in [6.07, 6.45) is 5.06. The van der Waals surface area contributed by atoms with E-state index in [0.717, 1.165) is 12.2 Å². The number of nitrogens with two attached hydrogens (primary N) is 1. The van der Waals surface area contributed by atoms with E-state index in [2.05, 4.69) is 30.2 Å². The average Bonchev–Trinajstić information content (AvgIpc) is 3.44. The number of carbonyl (C=O) groups is 1. The quantitative estimate of drug-likeness (QED) is 0.519. The Morgan fingerprint density at radius 1 is 1.42 bits per heavy atom. The molecule has 0 spiro atoms. The van der Waals surface area contributed by atoms with Gasteiger partial charge in [-0.05, 0) is 35.7 Å². The number of nitrogens with one attached hydrogen (secondary N) is 2. The summed E-state index contributed by atoms with van der Waals surface area (Å²) in [5, 5.41) is 2.78. The highest BCUT2D eigenvalue weighted by Crippen LogP contribution is 2.25. The van der Waals surface area contributed by atoms with E-state index in [1.165, 1.54) is 24.7 Å². The molecule has 0 bridgehead atoms. The summed E-state index contributed by atoms with van der Waals surface area (Å²) in [6, 6.07) is 4.46. The summed E-state index contributed by atoms with van der Waals surface area (Å²) < 4.78 is 19.5. The van der Waals surface area contributed by atoms with Crippen molar-refractivity contribution in [3.05, 3.63) is 59.2 Å². The lowest BCUT2D eigenvalue weighted by Gasteiger charge is -2.08. The molecule has 1 aliphatic rings. The summed E-state index contributed by atoms with van der Waals surface area (Å²) in [5.41, 5.74) is 8.40. The third-order valence-corrected chi connectivity index (χ3v) is 5.03. The first-order chi connectivity index (χ1) is 15.1. The molecule has 1 unspecified atom stereocenters. The van der Waals surface area contributed by atoms with E-state index in [9.17, 15) is 9.18 Å². The van der Waals surface area contributed by atoms with Crippen LogP contribution in [0.1, 0.15) is 39.8 Å². The third-order valence-electron chi connectivity index (χ3n) is 5.03. The normalized spacial score (nSPS) is 17.0. The minimum absolute atomic E-state index is 0.105. The fraction of sp³-hybridized carbons (Fsp3) is 0.286. The smallest absolute Gasteiger partial charge is 0.272 e. The van der Waals surface area contributed by atoms with Gasteiger partial charge in [0, 0.05) is 44.1 Å². The molecule has 1 saturated heterocycles. The van der Waals surface area contributed by atoms with Crippen LogP contribution in [0.5, 0.6) is 0 Å². The van der Waals surface area contributed by atoms with Gasteiger partial charge in [0.1, 0.15) is 23.5 Å². The van der Waals surface area contributed by atoms with Crippen LogP contribution in [0.2, 0.25) is 0 Å². The van der Waals surface area contributed by atoms with Crippen LogP contribution in [-0.2, 0) is 11.3 Å². The van der Waals surface area contributed by atoms with Crippen LogP contribution in [0, 0.1) is 5.82 Å². The first-order valence-corrected chi connectivity index (χ1v) is 9.79. The Morgan fingerprint density at radius 2 is 2.29 bits per heavy atom. The van der Waals surface area contributed by atoms with E-state index >= 15 is 0 Å². The molecule has 1 amide bonds. The van der Waals surface area contributed by atoms with Crippen LogP contribution < -0.4 is 11.1 Å². The molecule has 9 nitrogen and oxygen atoms in total. The minimum Gasteiger partial charge on any atom is -0.404 e. The topological polar surface area (TPSA) is 131 Å². The van der Waals surface area contributed by atoms with Crippen LogP contribution in [0.4, 0.5) is 4.39 Å². The van der Waals surface area contributed by atoms with Gasteiger partial charge >= 0.3 is 0 Å². The van der Waals surface area contributed by atoms with Crippen molar-refractivity contribution in [1.29, 1.82) is 0 Å².